The number of carbonyl (C=O) groups is 1. The molecule has 0 aliphatic rings. The Hall–Kier alpha value is -0.910. The first-order valence-electron chi connectivity index (χ1n) is 3.22. The lowest BCUT2D eigenvalue weighted by Gasteiger charge is -1.96. The molecule has 0 aliphatic carbocycles. The summed E-state index contributed by atoms with van der Waals surface area (Å²) in [6.45, 7) is 3.75. The van der Waals surface area contributed by atoms with Crippen LogP contribution in [0.15, 0.2) is 12.2 Å². The highest BCUT2D eigenvalue weighted by atomic mass is 16.4. The predicted octanol–water partition coefficient (Wildman–Crippen LogP) is -2.36. The molecule has 3 N–H and O–H groups in total. The van der Waals surface area contributed by atoms with E-state index in [9.17, 15) is 9.90 Å². The van der Waals surface area contributed by atoms with E-state index >= 15 is 0 Å². The highest BCUT2D eigenvalue weighted by Crippen LogP contribution is 1.77. The minimum Gasteiger partial charge on any atom is -0.545 e. The maximum Gasteiger partial charge on any atom is 0.100 e. The Kier molecular flexibility index (Phi) is 9.32. The number of carbonyl (C=O) groups excluding carboxylic acids is 1. The Morgan fingerprint density at radius 2 is 1.75 bits per heavy atom. The molecule has 0 rings (SSSR count). The molecule has 0 spiro atoms. The zero-order valence-corrected chi connectivity index (χ0v) is 6.86. The van der Waals surface area contributed by atoms with Crippen LogP contribution in [0.1, 0.15) is 6.92 Å². The third kappa shape index (κ3) is 11.8. The smallest absolute Gasteiger partial charge is 0.100 e. The van der Waals surface area contributed by atoms with Crippen LogP contribution < -0.4 is 5.11 Å². The number of aliphatic hydroxyl groups is 3. The lowest BCUT2D eigenvalue weighted by Crippen LogP contribution is -2.22. The zero-order valence-electron chi connectivity index (χ0n) is 6.86. The Bertz CT molecular complexity index is 127. The van der Waals surface area contributed by atoms with E-state index in [-0.39, 0.29) is 18.8 Å². The second kappa shape index (κ2) is 8.19. The molecule has 0 aromatic heterocycles. The third-order valence-corrected chi connectivity index (χ3v) is 0.770. The monoisotopic (exact) mass is 177 g/mol. The summed E-state index contributed by atoms with van der Waals surface area (Å²) in [7, 11) is 0. The maximum atomic E-state index is 9.49. The van der Waals surface area contributed by atoms with Gasteiger partial charge in [-0.25, -0.2) is 0 Å². The predicted molar refractivity (Wildman–Crippen MR) is 40.0 cm³/mol. The van der Waals surface area contributed by atoms with Crippen molar-refractivity contribution in [3.8, 4) is 0 Å². The molecule has 0 saturated carbocycles. The van der Waals surface area contributed by atoms with Gasteiger partial charge in [0.2, 0.25) is 0 Å². The first-order chi connectivity index (χ1) is 5.45. The molecule has 0 unspecified atom stereocenters. The zero-order chi connectivity index (χ0) is 10.1. The minimum absolute atomic E-state index is 0.0648. The summed E-state index contributed by atoms with van der Waals surface area (Å²) in [4.78, 5) is 9.49. The van der Waals surface area contributed by atoms with E-state index in [1.807, 2.05) is 0 Å². The lowest BCUT2D eigenvalue weighted by molar-refractivity contribution is -0.299. The molecule has 0 amide bonds. The fourth-order valence-corrected chi connectivity index (χ4v) is 0.0577. The molecule has 0 aromatic carbocycles. The second-order valence-electron chi connectivity index (χ2n) is 2.09. The molecule has 0 aromatic rings. The van der Waals surface area contributed by atoms with Crippen molar-refractivity contribution < 1.29 is 25.2 Å². The number of rotatable bonds is 3. The van der Waals surface area contributed by atoms with Gasteiger partial charge in [-0.05, 0) is 12.5 Å². The van der Waals surface area contributed by atoms with Crippen molar-refractivity contribution in [3.05, 3.63) is 12.2 Å². The molecule has 0 fully saturated rings. The number of carboxylic acids is 1. The fraction of sp³-hybridized carbons (Fsp3) is 0.571. The van der Waals surface area contributed by atoms with Crippen molar-refractivity contribution in [3.63, 3.8) is 0 Å². The van der Waals surface area contributed by atoms with Crippen LogP contribution in [0.3, 0.4) is 0 Å². The van der Waals surface area contributed by atoms with E-state index in [0.717, 1.165) is 0 Å². The lowest BCUT2D eigenvalue weighted by atomic mass is 10.4. The Balaban J connectivity index is 0. The summed E-state index contributed by atoms with van der Waals surface area (Å²) >= 11 is 0. The Morgan fingerprint density at radius 3 is 1.75 bits per heavy atom. The SMILES string of the molecule is C=C(C)C(=O)[O-].OCC(O)CO. The molecule has 0 radical (unpaired) electrons. The van der Waals surface area contributed by atoms with E-state index in [0.29, 0.717) is 0 Å². The van der Waals surface area contributed by atoms with Crippen molar-refractivity contribution in [2.45, 2.75) is 13.0 Å². The van der Waals surface area contributed by atoms with Gasteiger partial charge in [0.1, 0.15) is 6.10 Å². The van der Waals surface area contributed by atoms with E-state index in [1.54, 1.807) is 0 Å². The number of hydrogen-bond donors (Lipinski definition) is 3. The molecule has 5 heteroatoms. The highest BCUT2D eigenvalue weighted by Gasteiger charge is 1.93. The van der Waals surface area contributed by atoms with Gasteiger partial charge >= 0.3 is 0 Å². The standard InChI is InChI=1S/C4H6O2.C3H8O3/c1-3(2)4(5)6;4-1-3(6)2-5/h1H2,2H3,(H,5,6);3-6H,1-2H2/p-1. The molecule has 0 atom stereocenters. The molecule has 0 bridgehead atoms. The van der Waals surface area contributed by atoms with Crippen LogP contribution in [0.25, 0.3) is 0 Å². The van der Waals surface area contributed by atoms with E-state index < -0.39 is 12.1 Å². The third-order valence-electron chi connectivity index (χ3n) is 0.770. The largest absolute Gasteiger partial charge is 0.545 e. The summed E-state index contributed by atoms with van der Waals surface area (Å²) < 4.78 is 0. The van der Waals surface area contributed by atoms with Gasteiger partial charge in [0, 0.05) is 0 Å². The van der Waals surface area contributed by atoms with E-state index in [4.69, 9.17) is 15.3 Å². The van der Waals surface area contributed by atoms with Gasteiger partial charge in [-0.3, -0.25) is 0 Å². The minimum atomic E-state index is -1.19. The van der Waals surface area contributed by atoms with Gasteiger partial charge in [0.05, 0.1) is 19.2 Å². The van der Waals surface area contributed by atoms with Gasteiger partial charge in [-0.15, -0.1) is 0 Å². The van der Waals surface area contributed by atoms with Gasteiger partial charge in [0.15, 0.2) is 0 Å². The fourth-order valence-electron chi connectivity index (χ4n) is 0.0577. The first-order valence-corrected chi connectivity index (χ1v) is 3.22. The quantitative estimate of drug-likeness (QED) is 0.419. The number of hydrogen-bond acceptors (Lipinski definition) is 5. The van der Waals surface area contributed by atoms with Crippen LogP contribution >= 0.6 is 0 Å². The van der Waals surface area contributed by atoms with E-state index in [1.165, 1.54) is 6.92 Å². The average Bonchev–Trinajstić information content (AvgIpc) is 2.04. The number of aliphatic hydroxyl groups excluding tert-OH is 3. The molecule has 5 nitrogen and oxygen atoms in total. The summed E-state index contributed by atoms with van der Waals surface area (Å²) in [6.07, 6.45) is -0.954. The average molecular weight is 177 g/mol. The van der Waals surface area contributed by atoms with Crippen LogP contribution in [0, 0.1) is 0 Å². The second-order valence-corrected chi connectivity index (χ2v) is 2.09. The topological polar surface area (TPSA) is 101 Å². The van der Waals surface area contributed by atoms with Gasteiger partial charge in [-0.2, -0.15) is 0 Å². The van der Waals surface area contributed by atoms with Crippen LogP contribution in [-0.4, -0.2) is 40.6 Å². The normalized spacial score (nSPS) is 8.75. The van der Waals surface area contributed by atoms with Crippen LogP contribution in [-0.2, 0) is 4.79 Å². The van der Waals surface area contributed by atoms with Crippen LogP contribution in [0.5, 0.6) is 0 Å². The van der Waals surface area contributed by atoms with Crippen molar-refractivity contribution in [2.24, 2.45) is 0 Å². The van der Waals surface area contributed by atoms with E-state index in [2.05, 4.69) is 6.58 Å². The summed E-state index contributed by atoms with van der Waals surface area (Å²) in [5.74, 6) is -1.19. The summed E-state index contributed by atoms with van der Waals surface area (Å²) in [5.41, 5.74) is 0.0648. The Labute approximate surface area is 70.6 Å². The molecule has 0 aliphatic heterocycles. The summed E-state index contributed by atoms with van der Waals surface area (Å²) in [6, 6.07) is 0. The molecule has 0 heterocycles. The molecular formula is C7H13O5-. The van der Waals surface area contributed by atoms with Gasteiger partial charge in [-0.1, -0.05) is 6.58 Å². The molecule has 12 heavy (non-hydrogen) atoms. The highest BCUT2D eigenvalue weighted by molar-refractivity contribution is 5.82. The Morgan fingerprint density at radius 1 is 1.50 bits per heavy atom. The number of aliphatic carboxylic acids is 1. The van der Waals surface area contributed by atoms with Gasteiger partial charge in [0.25, 0.3) is 0 Å². The first kappa shape index (κ1) is 13.7. The number of carboxylic acid groups (broad SMARTS) is 1. The molecule has 72 valence electrons. The van der Waals surface area contributed by atoms with Crippen LogP contribution in [0.4, 0.5) is 0 Å². The summed E-state index contributed by atoms with van der Waals surface area (Å²) in [5, 5.41) is 33.5. The van der Waals surface area contributed by atoms with Crippen molar-refractivity contribution in [1.29, 1.82) is 0 Å². The van der Waals surface area contributed by atoms with Crippen LogP contribution in [0.2, 0.25) is 0 Å². The van der Waals surface area contributed by atoms with Crippen molar-refractivity contribution in [2.75, 3.05) is 13.2 Å². The molecule has 0 saturated heterocycles. The van der Waals surface area contributed by atoms with Crippen molar-refractivity contribution in [1.82, 2.24) is 0 Å². The maximum absolute atomic E-state index is 9.49. The van der Waals surface area contributed by atoms with Crippen molar-refractivity contribution >= 4 is 5.97 Å². The molecular weight excluding hydrogens is 164 g/mol. The van der Waals surface area contributed by atoms with Gasteiger partial charge < -0.3 is 25.2 Å².